The van der Waals surface area contributed by atoms with Gasteiger partial charge in [0, 0.05) is 51.4 Å². The Kier molecular flexibility index (Phi) is 7.51. The average Bonchev–Trinajstić information content (AvgIpc) is 2.89. The first-order chi connectivity index (χ1) is 16.4. The number of nitrogens with zero attached hydrogens (tertiary/aromatic N) is 4. The quantitative estimate of drug-likeness (QED) is 0.628. The Morgan fingerprint density at radius 2 is 1.71 bits per heavy atom. The molecule has 180 valence electrons. The van der Waals surface area contributed by atoms with E-state index in [0.29, 0.717) is 32.6 Å². The van der Waals surface area contributed by atoms with Crippen molar-refractivity contribution in [1.82, 2.24) is 9.21 Å². The van der Waals surface area contributed by atoms with Crippen molar-refractivity contribution in [3.05, 3.63) is 59.7 Å². The van der Waals surface area contributed by atoms with E-state index in [1.807, 2.05) is 25.2 Å². The molecule has 4 rings (SSSR count). The normalized spacial score (nSPS) is 17.8. The summed E-state index contributed by atoms with van der Waals surface area (Å²) in [5, 5.41) is 9.29. The predicted octanol–water partition coefficient (Wildman–Crippen LogP) is 2.45. The fourth-order valence-electron chi connectivity index (χ4n) is 4.67. The molecule has 0 unspecified atom stereocenters. The van der Waals surface area contributed by atoms with E-state index < -0.39 is 10.0 Å². The number of hydrogen-bond donors (Lipinski definition) is 0. The number of piperidine rings is 1. The maximum absolute atomic E-state index is 13.2. The van der Waals surface area contributed by atoms with E-state index in [-0.39, 0.29) is 35.4 Å². The van der Waals surface area contributed by atoms with Crippen molar-refractivity contribution in [3.8, 4) is 6.07 Å². The Balaban J connectivity index is 1.39. The van der Waals surface area contributed by atoms with Crippen molar-refractivity contribution in [2.24, 2.45) is 5.92 Å². The zero-order chi connectivity index (χ0) is 24.1. The molecule has 34 heavy (non-hydrogen) atoms. The first kappa shape index (κ1) is 24.2. The zero-order valence-electron chi connectivity index (χ0n) is 19.4. The molecule has 2 aliphatic heterocycles. The van der Waals surface area contributed by atoms with Gasteiger partial charge >= 0.3 is 0 Å². The summed E-state index contributed by atoms with van der Waals surface area (Å²) in [6.45, 7) is 4.08. The molecule has 2 saturated heterocycles. The number of carbonyl (C=O) groups is 1. The second kappa shape index (κ2) is 10.6. The summed E-state index contributed by atoms with van der Waals surface area (Å²) >= 11 is 0. The largest absolute Gasteiger partial charge is 0.378 e. The number of para-hydroxylation sites is 1. The van der Waals surface area contributed by atoms with Crippen molar-refractivity contribution in [2.45, 2.75) is 24.3 Å². The van der Waals surface area contributed by atoms with Crippen LogP contribution >= 0.6 is 0 Å². The SMILES string of the molecule is CN(Cc1ccccc1N1CCOCC1)C(=O)C1CCN(S(=O)(=O)c2ccccc2C#N)CC1. The Labute approximate surface area is 201 Å². The van der Waals surface area contributed by atoms with Crippen LogP contribution in [-0.4, -0.2) is 70.0 Å². The molecule has 9 heteroatoms. The standard InChI is InChI=1S/C25H30N4O4S/c1-27(19-22-7-2-4-8-23(22)28-14-16-33-17-15-28)25(30)20-10-12-29(13-11-20)34(31,32)24-9-5-3-6-21(24)18-26/h2-9,20H,10-17,19H2,1H3. The molecule has 2 aromatic rings. The number of anilines is 1. The minimum absolute atomic E-state index is 0.0270. The molecule has 1 amide bonds. The number of amides is 1. The highest BCUT2D eigenvalue weighted by atomic mass is 32.2. The van der Waals surface area contributed by atoms with Gasteiger partial charge in [-0.15, -0.1) is 0 Å². The second-order valence-electron chi connectivity index (χ2n) is 8.71. The van der Waals surface area contributed by atoms with E-state index in [2.05, 4.69) is 17.0 Å². The Bertz CT molecular complexity index is 1160. The van der Waals surface area contributed by atoms with Crippen LogP contribution in [0.4, 0.5) is 5.69 Å². The third kappa shape index (κ3) is 5.09. The summed E-state index contributed by atoms with van der Waals surface area (Å²) in [6, 6.07) is 16.3. The van der Waals surface area contributed by atoms with Crippen molar-refractivity contribution in [2.75, 3.05) is 51.3 Å². The molecule has 2 aliphatic rings. The minimum Gasteiger partial charge on any atom is -0.378 e. The van der Waals surface area contributed by atoms with Crippen molar-refractivity contribution in [1.29, 1.82) is 5.26 Å². The highest BCUT2D eigenvalue weighted by Crippen LogP contribution is 2.28. The predicted molar refractivity (Wildman–Crippen MR) is 129 cm³/mol. The molecule has 0 atom stereocenters. The summed E-state index contributed by atoms with van der Waals surface area (Å²) in [5.41, 5.74) is 2.36. The number of sulfonamides is 1. The maximum atomic E-state index is 13.2. The van der Waals surface area contributed by atoms with Crippen molar-refractivity contribution < 1.29 is 17.9 Å². The highest BCUT2D eigenvalue weighted by molar-refractivity contribution is 7.89. The molecular weight excluding hydrogens is 452 g/mol. The van der Waals surface area contributed by atoms with Gasteiger partial charge in [-0.3, -0.25) is 4.79 Å². The third-order valence-electron chi connectivity index (χ3n) is 6.56. The molecule has 8 nitrogen and oxygen atoms in total. The third-order valence-corrected chi connectivity index (χ3v) is 8.51. The van der Waals surface area contributed by atoms with Crippen LogP contribution in [0.3, 0.4) is 0 Å². The Morgan fingerprint density at radius 3 is 2.41 bits per heavy atom. The van der Waals surface area contributed by atoms with Gasteiger partial charge in [-0.05, 0) is 36.6 Å². The van der Waals surface area contributed by atoms with E-state index in [4.69, 9.17) is 4.74 Å². The van der Waals surface area contributed by atoms with E-state index in [1.165, 1.54) is 16.4 Å². The van der Waals surface area contributed by atoms with Crippen LogP contribution in [0.5, 0.6) is 0 Å². The topological polar surface area (TPSA) is 93.9 Å². The van der Waals surface area contributed by atoms with Gasteiger partial charge in [0.1, 0.15) is 6.07 Å². The lowest BCUT2D eigenvalue weighted by atomic mass is 9.96. The number of hydrogen-bond acceptors (Lipinski definition) is 6. The summed E-state index contributed by atoms with van der Waals surface area (Å²) in [5.74, 6) is -0.190. The summed E-state index contributed by atoms with van der Waals surface area (Å²) in [4.78, 5) is 17.3. The molecule has 0 radical (unpaired) electrons. The van der Waals surface area contributed by atoms with Gasteiger partial charge in [0.25, 0.3) is 0 Å². The number of ether oxygens (including phenoxy) is 1. The Morgan fingerprint density at radius 1 is 1.06 bits per heavy atom. The number of rotatable bonds is 6. The first-order valence-electron chi connectivity index (χ1n) is 11.6. The van der Waals surface area contributed by atoms with Gasteiger partial charge in [-0.2, -0.15) is 9.57 Å². The lowest BCUT2D eigenvalue weighted by Crippen LogP contribution is -2.43. The number of benzene rings is 2. The second-order valence-corrected chi connectivity index (χ2v) is 10.6. The first-order valence-corrected chi connectivity index (χ1v) is 13.0. The fourth-order valence-corrected chi connectivity index (χ4v) is 6.28. The summed E-state index contributed by atoms with van der Waals surface area (Å²) in [6.07, 6.45) is 0.921. The van der Waals surface area contributed by atoms with Gasteiger partial charge < -0.3 is 14.5 Å². The van der Waals surface area contributed by atoms with Crippen molar-refractivity contribution >= 4 is 21.6 Å². The summed E-state index contributed by atoms with van der Waals surface area (Å²) < 4.78 is 33.0. The van der Waals surface area contributed by atoms with Gasteiger partial charge in [0.05, 0.1) is 23.7 Å². The summed E-state index contributed by atoms with van der Waals surface area (Å²) in [7, 11) is -1.96. The van der Waals surface area contributed by atoms with Crippen LogP contribution in [0.25, 0.3) is 0 Å². The molecule has 2 fully saturated rings. The number of nitriles is 1. The number of carbonyl (C=O) groups excluding carboxylic acids is 1. The van der Waals surface area contributed by atoms with Gasteiger partial charge in [0.2, 0.25) is 15.9 Å². The molecule has 2 heterocycles. The minimum atomic E-state index is -3.77. The maximum Gasteiger partial charge on any atom is 0.244 e. The lowest BCUT2D eigenvalue weighted by molar-refractivity contribution is -0.135. The van der Waals surface area contributed by atoms with Crippen LogP contribution in [0.2, 0.25) is 0 Å². The van der Waals surface area contributed by atoms with Crippen LogP contribution in [0.1, 0.15) is 24.0 Å². The molecule has 0 N–H and O–H groups in total. The van der Waals surface area contributed by atoms with Crippen LogP contribution in [0, 0.1) is 17.2 Å². The van der Waals surface area contributed by atoms with E-state index >= 15 is 0 Å². The van der Waals surface area contributed by atoms with Crippen LogP contribution in [-0.2, 0) is 26.1 Å². The van der Waals surface area contributed by atoms with E-state index in [1.54, 1.807) is 17.0 Å². The molecular formula is C25H30N4O4S. The van der Waals surface area contributed by atoms with Gasteiger partial charge in [-0.1, -0.05) is 30.3 Å². The van der Waals surface area contributed by atoms with E-state index in [0.717, 1.165) is 24.3 Å². The van der Waals surface area contributed by atoms with Gasteiger partial charge in [-0.25, -0.2) is 8.42 Å². The molecule has 0 spiro atoms. The number of morpholine rings is 1. The van der Waals surface area contributed by atoms with Crippen molar-refractivity contribution in [3.63, 3.8) is 0 Å². The highest BCUT2D eigenvalue weighted by Gasteiger charge is 2.34. The average molecular weight is 483 g/mol. The molecule has 0 aliphatic carbocycles. The molecule has 2 aromatic carbocycles. The lowest BCUT2D eigenvalue weighted by Gasteiger charge is -2.34. The van der Waals surface area contributed by atoms with Gasteiger partial charge in [0.15, 0.2) is 0 Å². The smallest absolute Gasteiger partial charge is 0.244 e. The van der Waals surface area contributed by atoms with Crippen LogP contribution in [0.15, 0.2) is 53.4 Å². The van der Waals surface area contributed by atoms with Crippen LogP contribution < -0.4 is 4.90 Å². The monoisotopic (exact) mass is 482 g/mol. The van der Waals surface area contributed by atoms with E-state index in [9.17, 15) is 18.5 Å². The molecule has 0 aromatic heterocycles. The molecule has 0 saturated carbocycles. The fraction of sp³-hybridized carbons (Fsp3) is 0.440. The zero-order valence-corrected chi connectivity index (χ0v) is 20.2. The molecule has 0 bridgehead atoms. The Hall–Kier alpha value is -2.93.